The van der Waals surface area contributed by atoms with Gasteiger partial charge in [-0.15, -0.1) is 0 Å². The Morgan fingerprint density at radius 3 is 2.82 bits per heavy atom. The van der Waals surface area contributed by atoms with Crippen molar-refractivity contribution in [1.29, 1.82) is 0 Å². The van der Waals surface area contributed by atoms with Gasteiger partial charge in [-0.2, -0.15) is 0 Å². The van der Waals surface area contributed by atoms with Crippen LogP contribution in [0, 0.1) is 17.2 Å². The van der Waals surface area contributed by atoms with E-state index in [2.05, 4.69) is 10.6 Å². The van der Waals surface area contributed by atoms with Gasteiger partial charge in [0.25, 0.3) is 0 Å². The molecular weight excluding hydrogens is 283 g/mol. The van der Waals surface area contributed by atoms with Gasteiger partial charge >= 0.3 is 0 Å². The van der Waals surface area contributed by atoms with Crippen molar-refractivity contribution < 1.29 is 13.9 Å². The molecule has 1 amide bonds. The molecule has 2 N–H and O–H groups in total. The molecule has 4 nitrogen and oxygen atoms in total. The van der Waals surface area contributed by atoms with Gasteiger partial charge in [0, 0.05) is 12.0 Å². The van der Waals surface area contributed by atoms with Crippen LogP contribution in [-0.4, -0.2) is 25.1 Å². The van der Waals surface area contributed by atoms with Crippen LogP contribution in [0.1, 0.15) is 33.1 Å². The number of carbonyl (C=O) groups is 1. The zero-order valence-electron chi connectivity index (χ0n) is 13.1. The molecule has 5 heteroatoms. The molecule has 0 aromatic heterocycles. The van der Waals surface area contributed by atoms with E-state index in [0.717, 1.165) is 32.4 Å². The van der Waals surface area contributed by atoms with Gasteiger partial charge in [-0.1, -0.05) is 0 Å². The summed E-state index contributed by atoms with van der Waals surface area (Å²) in [6.45, 7) is 5.76. The highest BCUT2D eigenvalue weighted by atomic mass is 19.1. The van der Waals surface area contributed by atoms with E-state index in [1.165, 1.54) is 12.1 Å². The van der Waals surface area contributed by atoms with Crippen LogP contribution in [0.5, 0.6) is 5.75 Å². The van der Waals surface area contributed by atoms with Gasteiger partial charge in [-0.25, -0.2) is 4.39 Å². The normalized spacial score (nSPS) is 22.6. The quantitative estimate of drug-likeness (QED) is 0.899. The van der Waals surface area contributed by atoms with Crippen molar-refractivity contribution in [1.82, 2.24) is 5.32 Å². The monoisotopic (exact) mass is 306 g/mol. The zero-order valence-corrected chi connectivity index (χ0v) is 13.1. The number of hydrogen-bond donors (Lipinski definition) is 2. The lowest BCUT2D eigenvalue weighted by atomic mass is 9.92. The van der Waals surface area contributed by atoms with Gasteiger partial charge in [0.05, 0.1) is 11.8 Å². The summed E-state index contributed by atoms with van der Waals surface area (Å²) in [5.41, 5.74) is 0.594. The fourth-order valence-electron chi connectivity index (χ4n) is 3.37. The highest BCUT2D eigenvalue weighted by molar-refractivity contribution is 5.96. The lowest BCUT2D eigenvalue weighted by Crippen LogP contribution is -2.31. The fourth-order valence-corrected chi connectivity index (χ4v) is 3.37. The Morgan fingerprint density at radius 1 is 1.41 bits per heavy atom. The van der Waals surface area contributed by atoms with Crippen molar-refractivity contribution in [2.24, 2.45) is 11.3 Å². The minimum atomic E-state index is -0.376. The number of benzene rings is 1. The maximum Gasteiger partial charge on any atom is 0.228 e. The predicted octanol–water partition coefficient (Wildman–Crippen LogP) is 2.94. The summed E-state index contributed by atoms with van der Waals surface area (Å²) < 4.78 is 19.1. The minimum absolute atomic E-state index is 0.0129. The molecule has 0 radical (unpaired) electrons. The van der Waals surface area contributed by atoms with Crippen molar-refractivity contribution in [3.05, 3.63) is 24.0 Å². The van der Waals surface area contributed by atoms with Gasteiger partial charge in [0.15, 0.2) is 0 Å². The first-order valence-electron chi connectivity index (χ1n) is 7.98. The minimum Gasteiger partial charge on any atom is -0.489 e. The van der Waals surface area contributed by atoms with Crippen molar-refractivity contribution in [2.75, 3.05) is 18.4 Å². The Bertz CT molecular complexity index is 568. The second-order valence-electron chi connectivity index (χ2n) is 6.67. The Balaban J connectivity index is 1.70. The number of rotatable bonds is 4. The average Bonchev–Trinajstić information content (AvgIpc) is 3.16. The molecule has 22 heavy (non-hydrogen) atoms. The predicted molar refractivity (Wildman–Crippen MR) is 83.4 cm³/mol. The molecule has 1 aliphatic heterocycles. The lowest BCUT2D eigenvalue weighted by molar-refractivity contribution is -0.118. The summed E-state index contributed by atoms with van der Waals surface area (Å²) in [7, 11) is 0. The molecule has 2 fully saturated rings. The van der Waals surface area contributed by atoms with E-state index in [1.54, 1.807) is 6.07 Å². The van der Waals surface area contributed by atoms with E-state index in [1.807, 2.05) is 13.8 Å². The molecule has 1 saturated carbocycles. The molecule has 120 valence electrons. The van der Waals surface area contributed by atoms with Crippen LogP contribution >= 0.6 is 0 Å². The highest BCUT2D eigenvalue weighted by Gasteiger charge is 2.57. The smallest absolute Gasteiger partial charge is 0.228 e. The second kappa shape index (κ2) is 5.88. The molecule has 1 unspecified atom stereocenters. The summed E-state index contributed by atoms with van der Waals surface area (Å²) in [6, 6.07) is 4.24. The van der Waals surface area contributed by atoms with E-state index in [4.69, 9.17) is 4.74 Å². The molecule has 1 aromatic rings. The molecule has 1 saturated heterocycles. The standard InChI is InChI=1S/C17H23FN2O2/c1-11(2)22-15-4-3-12(18)9-14(15)20-16(21)13-10-17(13)5-7-19-8-6-17/h3-4,9,11,13,19H,5-8,10H2,1-2H3,(H,20,21). The largest absolute Gasteiger partial charge is 0.489 e. The lowest BCUT2D eigenvalue weighted by Gasteiger charge is -2.23. The number of ether oxygens (including phenoxy) is 1. The number of nitrogens with one attached hydrogen (secondary N) is 2. The highest BCUT2D eigenvalue weighted by Crippen LogP contribution is 2.58. The Labute approximate surface area is 130 Å². The van der Waals surface area contributed by atoms with Gasteiger partial charge in [0.2, 0.25) is 5.91 Å². The molecule has 3 rings (SSSR count). The van der Waals surface area contributed by atoms with Crippen LogP contribution in [0.15, 0.2) is 18.2 Å². The molecular formula is C17H23FN2O2. The molecule has 1 heterocycles. The summed E-state index contributed by atoms with van der Waals surface area (Å²) in [6.07, 6.45) is 3.00. The van der Waals surface area contributed by atoms with Crippen LogP contribution in [0.3, 0.4) is 0 Å². The average molecular weight is 306 g/mol. The van der Waals surface area contributed by atoms with Gasteiger partial charge in [-0.3, -0.25) is 4.79 Å². The van der Waals surface area contributed by atoms with Gasteiger partial charge in [0.1, 0.15) is 11.6 Å². The fraction of sp³-hybridized carbons (Fsp3) is 0.588. The number of carbonyl (C=O) groups excluding carboxylic acids is 1. The summed E-state index contributed by atoms with van der Waals surface area (Å²) in [5, 5.41) is 6.19. The first kappa shape index (κ1) is 15.3. The van der Waals surface area contributed by atoms with Crippen LogP contribution < -0.4 is 15.4 Å². The topological polar surface area (TPSA) is 50.4 Å². The maximum atomic E-state index is 13.5. The Kier molecular flexibility index (Phi) is 4.08. The Hall–Kier alpha value is -1.62. The van der Waals surface area contributed by atoms with E-state index in [-0.39, 0.29) is 29.2 Å². The van der Waals surface area contributed by atoms with Crippen LogP contribution in [0.4, 0.5) is 10.1 Å². The van der Waals surface area contributed by atoms with Crippen molar-refractivity contribution in [2.45, 2.75) is 39.2 Å². The van der Waals surface area contributed by atoms with Crippen LogP contribution in [0.2, 0.25) is 0 Å². The summed E-state index contributed by atoms with van der Waals surface area (Å²) in [4.78, 5) is 12.5. The third-order valence-corrected chi connectivity index (χ3v) is 4.67. The van der Waals surface area contributed by atoms with Crippen molar-refractivity contribution >= 4 is 11.6 Å². The van der Waals surface area contributed by atoms with Gasteiger partial charge < -0.3 is 15.4 Å². The number of piperidine rings is 1. The zero-order chi connectivity index (χ0) is 15.7. The molecule has 1 aliphatic carbocycles. The molecule has 2 aliphatic rings. The summed E-state index contributed by atoms with van der Waals surface area (Å²) >= 11 is 0. The third-order valence-electron chi connectivity index (χ3n) is 4.67. The summed E-state index contributed by atoms with van der Waals surface area (Å²) in [5.74, 6) is 0.175. The first-order chi connectivity index (χ1) is 10.5. The second-order valence-corrected chi connectivity index (χ2v) is 6.67. The van der Waals surface area contributed by atoms with Crippen molar-refractivity contribution in [3.8, 4) is 5.75 Å². The van der Waals surface area contributed by atoms with Gasteiger partial charge in [-0.05, 0) is 63.7 Å². The van der Waals surface area contributed by atoms with E-state index in [9.17, 15) is 9.18 Å². The number of hydrogen-bond acceptors (Lipinski definition) is 3. The van der Waals surface area contributed by atoms with E-state index in [0.29, 0.717) is 11.4 Å². The van der Waals surface area contributed by atoms with E-state index >= 15 is 0 Å². The number of anilines is 1. The van der Waals surface area contributed by atoms with Crippen LogP contribution in [0.25, 0.3) is 0 Å². The van der Waals surface area contributed by atoms with E-state index < -0.39 is 0 Å². The molecule has 1 atom stereocenters. The van der Waals surface area contributed by atoms with Crippen molar-refractivity contribution in [3.63, 3.8) is 0 Å². The molecule has 1 aromatic carbocycles. The first-order valence-corrected chi connectivity index (χ1v) is 7.98. The van der Waals surface area contributed by atoms with Crippen LogP contribution in [-0.2, 0) is 4.79 Å². The SMILES string of the molecule is CC(C)Oc1ccc(F)cc1NC(=O)C1CC12CCNCC2. The Morgan fingerprint density at radius 2 is 2.14 bits per heavy atom. The number of halogens is 1. The number of amides is 1. The maximum absolute atomic E-state index is 13.5. The molecule has 1 spiro atoms. The molecule has 0 bridgehead atoms. The third kappa shape index (κ3) is 3.09.